The Kier molecular flexibility index (Phi) is 4.05. The standard InChI is InChI=1S/C13H24N2O2/c1-10-4-7-14-11(8-10)12(17)15-13(9-16)5-2-3-6-13/h10-11,14,16H,2-9H2,1H3,(H,15,17). The van der Waals surface area contributed by atoms with Crippen molar-refractivity contribution in [2.24, 2.45) is 5.92 Å². The molecule has 1 heterocycles. The molecule has 0 aromatic carbocycles. The molecule has 0 radical (unpaired) electrons. The predicted octanol–water partition coefficient (Wildman–Crippen LogP) is 0.796. The molecule has 1 saturated carbocycles. The molecule has 0 aromatic rings. The number of carbonyl (C=O) groups is 1. The number of aliphatic hydroxyl groups is 1. The molecule has 17 heavy (non-hydrogen) atoms. The Morgan fingerprint density at radius 1 is 1.47 bits per heavy atom. The number of piperidine rings is 1. The van der Waals surface area contributed by atoms with E-state index in [0.717, 1.165) is 45.1 Å². The summed E-state index contributed by atoms with van der Waals surface area (Å²) in [7, 11) is 0. The summed E-state index contributed by atoms with van der Waals surface area (Å²) in [6.45, 7) is 3.19. The molecular weight excluding hydrogens is 216 g/mol. The molecule has 0 spiro atoms. The zero-order valence-corrected chi connectivity index (χ0v) is 10.7. The van der Waals surface area contributed by atoms with Gasteiger partial charge < -0.3 is 15.7 Å². The van der Waals surface area contributed by atoms with E-state index in [1.165, 1.54) is 0 Å². The van der Waals surface area contributed by atoms with E-state index in [1.54, 1.807) is 0 Å². The van der Waals surface area contributed by atoms with Crippen LogP contribution >= 0.6 is 0 Å². The van der Waals surface area contributed by atoms with Crippen LogP contribution in [0.25, 0.3) is 0 Å². The Morgan fingerprint density at radius 3 is 2.76 bits per heavy atom. The van der Waals surface area contributed by atoms with Crippen LogP contribution < -0.4 is 10.6 Å². The molecule has 4 nitrogen and oxygen atoms in total. The number of aliphatic hydroxyl groups excluding tert-OH is 1. The minimum Gasteiger partial charge on any atom is -0.394 e. The Balaban J connectivity index is 1.91. The van der Waals surface area contributed by atoms with E-state index >= 15 is 0 Å². The maximum atomic E-state index is 12.2. The van der Waals surface area contributed by atoms with Crippen LogP contribution in [-0.2, 0) is 4.79 Å². The first kappa shape index (κ1) is 12.8. The van der Waals surface area contributed by atoms with Crippen LogP contribution in [0.5, 0.6) is 0 Å². The highest BCUT2D eigenvalue weighted by Gasteiger charge is 2.36. The molecule has 0 aromatic heterocycles. The summed E-state index contributed by atoms with van der Waals surface area (Å²) in [4.78, 5) is 12.2. The lowest BCUT2D eigenvalue weighted by Gasteiger charge is -2.33. The second-order valence-electron chi connectivity index (χ2n) is 5.77. The average Bonchev–Trinajstić information content (AvgIpc) is 2.78. The third kappa shape index (κ3) is 2.99. The van der Waals surface area contributed by atoms with Gasteiger partial charge in [-0.05, 0) is 38.1 Å². The van der Waals surface area contributed by atoms with Gasteiger partial charge in [0, 0.05) is 0 Å². The first-order valence-electron chi connectivity index (χ1n) is 6.81. The fourth-order valence-corrected chi connectivity index (χ4v) is 3.03. The highest BCUT2D eigenvalue weighted by Crippen LogP contribution is 2.29. The van der Waals surface area contributed by atoms with Gasteiger partial charge in [0.15, 0.2) is 0 Å². The molecule has 0 bridgehead atoms. The molecule has 2 unspecified atom stereocenters. The van der Waals surface area contributed by atoms with Gasteiger partial charge in [0.2, 0.25) is 5.91 Å². The lowest BCUT2D eigenvalue weighted by atomic mass is 9.92. The van der Waals surface area contributed by atoms with Crippen LogP contribution in [0.4, 0.5) is 0 Å². The normalized spacial score (nSPS) is 32.4. The highest BCUT2D eigenvalue weighted by molar-refractivity contribution is 5.82. The van der Waals surface area contributed by atoms with Crippen LogP contribution in [0.15, 0.2) is 0 Å². The molecule has 98 valence electrons. The van der Waals surface area contributed by atoms with Gasteiger partial charge in [0.1, 0.15) is 0 Å². The molecule has 2 aliphatic rings. The van der Waals surface area contributed by atoms with E-state index < -0.39 is 0 Å². The van der Waals surface area contributed by atoms with Crippen molar-refractivity contribution in [1.82, 2.24) is 10.6 Å². The predicted molar refractivity (Wildman–Crippen MR) is 66.6 cm³/mol. The van der Waals surface area contributed by atoms with Gasteiger partial charge in [-0.25, -0.2) is 0 Å². The van der Waals surface area contributed by atoms with E-state index in [2.05, 4.69) is 17.6 Å². The van der Waals surface area contributed by atoms with Crippen molar-refractivity contribution in [3.05, 3.63) is 0 Å². The van der Waals surface area contributed by atoms with E-state index in [4.69, 9.17) is 0 Å². The van der Waals surface area contributed by atoms with Crippen LogP contribution in [0.1, 0.15) is 45.4 Å². The van der Waals surface area contributed by atoms with Gasteiger partial charge in [0.05, 0.1) is 18.2 Å². The second-order valence-corrected chi connectivity index (χ2v) is 5.77. The van der Waals surface area contributed by atoms with Crippen molar-refractivity contribution in [2.75, 3.05) is 13.2 Å². The summed E-state index contributed by atoms with van der Waals surface area (Å²) < 4.78 is 0. The van der Waals surface area contributed by atoms with E-state index in [0.29, 0.717) is 5.92 Å². The number of amides is 1. The minimum atomic E-state index is -0.334. The van der Waals surface area contributed by atoms with Crippen molar-refractivity contribution in [3.63, 3.8) is 0 Å². The summed E-state index contributed by atoms with van der Waals surface area (Å²) in [5.41, 5.74) is -0.334. The number of hydrogen-bond acceptors (Lipinski definition) is 3. The monoisotopic (exact) mass is 240 g/mol. The average molecular weight is 240 g/mol. The van der Waals surface area contributed by atoms with E-state index in [1.807, 2.05) is 0 Å². The quantitative estimate of drug-likeness (QED) is 0.683. The summed E-state index contributed by atoms with van der Waals surface area (Å²) >= 11 is 0. The molecular formula is C13H24N2O2. The smallest absolute Gasteiger partial charge is 0.237 e. The maximum absolute atomic E-state index is 12.2. The van der Waals surface area contributed by atoms with E-state index in [-0.39, 0.29) is 24.1 Å². The Morgan fingerprint density at radius 2 is 2.18 bits per heavy atom. The van der Waals surface area contributed by atoms with Crippen molar-refractivity contribution >= 4 is 5.91 Å². The van der Waals surface area contributed by atoms with Gasteiger partial charge in [0.25, 0.3) is 0 Å². The van der Waals surface area contributed by atoms with Gasteiger partial charge in [-0.15, -0.1) is 0 Å². The van der Waals surface area contributed by atoms with Crippen LogP contribution in [0.3, 0.4) is 0 Å². The van der Waals surface area contributed by atoms with Crippen molar-refractivity contribution in [1.29, 1.82) is 0 Å². The molecule has 1 amide bonds. The summed E-state index contributed by atoms with van der Waals surface area (Å²) in [5, 5.41) is 15.8. The molecule has 2 rings (SSSR count). The van der Waals surface area contributed by atoms with Crippen molar-refractivity contribution in [3.8, 4) is 0 Å². The van der Waals surface area contributed by atoms with Gasteiger partial charge in [-0.2, -0.15) is 0 Å². The maximum Gasteiger partial charge on any atom is 0.237 e. The molecule has 1 aliphatic carbocycles. The van der Waals surface area contributed by atoms with Gasteiger partial charge in [-0.3, -0.25) is 4.79 Å². The third-order valence-electron chi connectivity index (χ3n) is 4.23. The molecule has 3 N–H and O–H groups in total. The molecule has 1 aliphatic heterocycles. The fourth-order valence-electron chi connectivity index (χ4n) is 3.03. The Hall–Kier alpha value is -0.610. The summed E-state index contributed by atoms with van der Waals surface area (Å²) in [5.74, 6) is 0.688. The first-order valence-corrected chi connectivity index (χ1v) is 6.81. The number of carbonyl (C=O) groups excluding carboxylic acids is 1. The Labute approximate surface area is 103 Å². The zero-order valence-electron chi connectivity index (χ0n) is 10.7. The largest absolute Gasteiger partial charge is 0.394 e. The molecule has 4 heteroatoms. The molecule has 2 fully saturated rings. The summed E-state index contributed by atoms with van der Waals surface area (Å²) in [6.07, 6.45) is 6.10. The zero-order chi connectivity index (χ0) is 12.3. The highest BCUT2D eigenvalue weighted by atomic mass is 16.3. The third-order valence-corrected chi connectivity index (χ3v) is 4.23. The van der Waals surface area contributed by atoms with E-state index in [9.17, 15) is 9.90 Å². The second kappa shape index (κ2) is 5.36. The number of hydrogen-bond donors (Lipinski definition) is 3. The number of rotatable bonds is 3. The summed E-state index contributed by atoms with van der Waals surface area (Å²) in [6, 6.07) is -0.0669. The SMILES string of the molecule is CC1CCNC(C(=O)NC2(CO)CCCC2)C1. The van der Waals surface area contributed by atoms with Crippen LogP contribution in [0, 0.1) is 5.92 Å². The van der Waals surface area contributed by atoms with Gasteiger partial charge >= 0.3 is 0 Å². The molecule has 1 saturated heterocycles. The molecule has 2 atom stereocenters. The van der Waals surface area contributed by atoms with Crippen molar-refractivity contribution < 1.29 is 9.90 Å². The van der Waals surface area contributed by atoms with Crippen LogP contribution in [0.2, 0.25) is 0 Å². The fraction of sp³-hybridized carbons (Fsp3) is 0.923. The van der Waals surface area contributed by atoms with Gasteiger partial charge in [-0.1, -0.05) is 19.8 Å². The lowest BCUT2D eigenvalue weighted by molar-refractivity contribution is -0.126. The van der Waals surface area contributed by atoms with Crippen LogP contribution in [-0.4, -0.2) is 35.7 Å². The lowest BCUT2D eigenvalue weighted by Crippen LogP contribution is -2.56. The topological polar surface area (TPSA) is 61.4 Å². The first-order chi connectivity index (χ1) is 8.15. The number of nitrogens with one attached hydrogen (secondary N) is 2. The Bertz CT molecular complexity index is 275. The van der Waals surface area contributed by atoms with Crippen molar-refractivity contribution in [2.45, 2.75) is 57.0 Å². The minimum absolute atomic E-state index is 0.0669.